The fourth-order valence-corrected chi connectivity index (χ4v) is 2.08. The molecule has 1 saturated heterocycles. The number of anilines is 1. The van der Waals surface area contributed by atoms with Crippen LogP contribution in [0.4, 0.5) is 10.5 Å². The molecule has 1 heterocycles. The van der Waals surface area contributed by atoms with Crippen LogP contribution in [-0.4, -0.2) is 36.6 Å². The second kappa shape index (κ2) is 5.38. The van der Waals surface area contributed by atoms with Gasteiger partial charge in [0.2, 0.25) is 0 Å². The maximum atomic E-state index is 12.1. The van der Waals surface area contributed by atoms with E-state index in [-0.39, 0.29) is 12.1 Å². The van der Waals surface area contributed by atoms with E-state index < -0.39 is 0 Å². The van der Waals surface area contributed by atoms with Crippen LogP contribution >= 0.6 is 11.6 Å². The molecule has 4 nitrogen and oxygen atoms in total. The molecule has 2 rings (SSSR count). The van der Waals surface area contributed by atoms with Crippen molar-refractivity contribution in [2.45, 2.75) is 13.0 Å². The van der Waals surface area contributed by atoms with Crippen molar-refractivity contribution in [3.8, 4) is 0 Å². The SMILES string of the molecule is C[C@H]1CNCCN1C(=O)Nc1ccccc1Cl. The highest BCUT2D eigenvalue weighted by Crippen LogP contribution is 2.21. The molecule has 2 N–H and O–H groups in total. The number of carbonyl (C=O) groups is 1. The average Bonchev–Trinajstić information content (AvgIpc) is 2.32. The molecule has 1 fully saturated rings. The molecule has 92 valence electrons. The number of nitrogens with one attached hydrogen (secondary N) is 2. The second-order valence-corrected chi connectivity index (χ2v) is 4.56. The van der Waals surface area contributed by atoms with E-state index in [1.54, 1.807) is 12.1 Å². The van der Waals surface area contributed by atoms with Gasteiger partial charge < -0.3 is 15.5 Å². The molecule has 1 aliphatic rings. The Morgan fingerprint density at radius 3 is 3.00 bits per heavy atom. The minimum absolute atomic E-state index is 0.0906. The van der Waals surface area contributed by atoms with Crippen molar-refractivity contribution in [1.82, 2.24) is 10.2 Å². The number of halogens is 1. The van der Waals surface area contributed by atoms with Crippen LogP contribution < -0.4 is 10.6 Å². The first-order chi connectivity index (χ1) is 8.18. The van der Waals surface area contributed by atoms with Gasteiger partial charge in [0, 0.05) is 25.7 Å². The summed E-state index contributed by atoms with van der Waals surface area (Å²) in [7, 11) is 0. The molecule has 2 amide bonds. The Hall–Kier alpha value is -1.26. The predicted octanol–water partition coefficient (Wildman–Crippen LogP) is 2.17. The van der Waals surface area contributed by atoms with Gasteiger partial charge in [-0.2, -0.15) is 0 Å². The summed E-state index contributed by atoms with van der Waals surface area (Å²) in [4.78, 5) is 13.9. The van der Waals surface area contributed by atoms with Gasteiger partial charge in [0.15, 0.2) is 0 Å². The molecule has 1 aromatic rings. The first kappa shape index (κ1) is 12.2. The molecular formula is C12H16ClN3O. The summed E-state index contributed by atoms with van der Waals surface area (Å²) in [6.07, 6.45) is 0. The standard InChI is InChI=1S/C12H16ClN3O/c1-9-8-14-6-7-16(9)12(17)15-11-5-3-2-4-10(11)13/h2-5,9,14H,6-8H2,1H3,(H,15,17)/t9-/m0/s1. The lowest BCUT2D eigenvalue weighted by atomic mass is 10.2. The quantitative estimate of drug-likeness (QED) is 0.806. The molecule has 0 unspecified atom stereocenters. The Morgan fingerprint density at radius 1 is 1.53 bits per heavy atom. The van der Waals surface area contributed by atoms with E-state index in [1.165, 1.54) is 0 Å². The lowest BCUT2D eigenvalue weighted by Crippen LogP contribution is -2.53. The van der Waals surface area contributed by atoms with Gasteiger partial charge in [0.1, 0.15) is 0 Å². The van der Waals surface area contributed by atoms with Gasteiger partial charge in [-0.25, -0.2) is 4.79 Å². The zero-order chi connectivity index (χ0) is 12.3. The van der Waals surface area contributed by atoms with Gasteiger partial charge in [-0.15, -0.1) is 0 Å². The zero-order valence-corrected chi connectivity index (χ0v) is 10.5. The fourth-order valence-electron chi connectivity index (χ4n) is 1.89. The van der Waals surface area contributed by atoms with Crippen LogP contribution in [0.25, 0.3) is 0 Å². The van der Waals surface area contributed by atoms with Crippen molar-refractivity contribution in [1.29, 1.82) is 0 Å². The first-order valence-electron chi connectivity index (χ1n) is 5.71. The van der Waals surface area contributed by atoms with E-state index in [0.29, 0.717) is 10.7 Å². The van der Waals surface area contributed by atoms with E-state index >= 15 is 0 Å². The van der Waals surface area contributed by atoms with E-state index in [2.05, 4.69) is 10.6 Å². The molecule has 0 aliphatic carbocycles. The van der Waals surface area contributed by atoms with Gasteiger partial charge in [0.05, 0.1) is 10.7 Å². The Balaban J connectivity index is 2.03. The highest BCUT2D eigenvalue weighted by molar-refractivity contribution is 6.33. The molecule has 17 heavy (non-hydrogen) atoms. The van der Waals surface area contributed by atoms with Crippen LogP contribution in [0.3, 0.4) is 0 Å². The van der Waals surface area contributed by atoms with Crippen molar-refractivity contribution in [2.75, 3.05) is 25.0 Å². The van der Waals surface area contributed by atoms with Gasteiger partial charge in [-0.3, -0.25) is 0 Å². The van der Waals surface area contributed by atoms with Crippen molar-refractivity contribution >= 4 is 23.3 Å². The third kappa shape index (κ3) is 2.90. The minimum Gasteiger partial charge on any atom is -0.319 e. The monoisotopic (exact) mass is 253 g/mol. The molecule has 1 aromatic carbocycles. The van der Waals surface area contributed by atoms with Crippen LogP contribution in [0.15, 0.2) is 24.3 Å². The molecule has 0 spiro atoms. The Morgan fingerprint density at radius 2 is 2.29 bits per heavy atom. The Labute approximate surface area is 106 Å². The molecule has 1 atom stereocenters. The summed E-state index contributed by atoms with van der Waals surface area (Å²) in [5.41, 5.74) is 0.657. The molecule has 0 aromatic heterocycles. The van der Waals surface area contributed by atoms with Gasteiger partial charge in [-0.1, -0.05) is 23.7 Å². The first-order valence-corrected chi connectivity index (χ1v) is 6.09. The number of piperazine rings is 1. The van der Waals surface area contributed by atoms with Crippen LogP contribution in [0.2, 0.25) is 5.02 Å². The zero-order valence-electron chi connectivity index (χ0n) is 9.74. The summed E-state index contributed by atoms with van der Waals surface area (Å²) >= 11 is 6.00. The predicted molar refractivity (Wildman–Crippen MR) is 69.5 cm³/mol. The summed E-state index contributed by atoms with van der Waals surface area (Å²) in [5.74, 6) is 0. The number of carbonyl (C=O) groups excluding carboxylic acids is 1. The summed E-state index contributed by atoms with van der Waals surface area (Å²) in [6.45, 7) is 4.41. The van der Waals surface area contributed by atoms with Crippen LogP contribution in [0, 0.1) is 0 Å². The summed E-state index contributed by atoms with van der Waals surface area (Å²) in [5, 5.41) is 6.64. The smallest absolute Gasteiger partial charge is 0.319 e. The average molecular weight is 254 g/mol. The molecule has 5 heteroatoms. The highest BCUT2D eigenvalue weighted by atomic mass is 35.5. The highest BCUT2D eigenvalue weighted by Gasteiger charge is 2.23. The summed E-state index contributed by atoms with van der Waals surface area (Å²) in [6, 6.07) is 7.36. The van der Waals surface area contributed by atoms with Crippen molar-refractivity contribution < 1.29 is 4.79 Å². The third-order valence-electron chi connectivity index (χ3n) is 2.88. The van der Waals surface area contributed by atoms with E-state index in [0.717, 1.165) is 19.6 Å². The second-order valence-electron chi connectivity index (χ2n) is 4.16. The van der Waals surface area contributed by atoms with Crippen LogP contribution in [-0.2, 0) is 0 Å². The third-order valence-corrected chi connectivity index (χ3v) is 3.21. The van der Waals surface area contributed by atoms with Crippen molar-refractivity contribution in [2.24, 2.45) is 0 Å². The molecule has 1 aliphatic heterocycles. The Bertz CT molecular complexity index is 410. The lowest BCUT2D eigenvalue weighted by molar-refractivity contribution is 0.177. The van der Waals surface area contributed by atoms with Gasteiger partial charge >= 0.3 is 6.03 Å². The maximum absolute atomic E-state index is 12.1. The molecule has 0 saturated carbocycles. The van der Waals surface area contributed by atoms with E-state index in [1.807, 2.05) is 24.0 Å². The minimum atomic E-state index is -0.0906. The fraction of sp³-hybridized carbons (Fsp3) is 0.417. The number of para-hydroxylation sites is 1. The van der Waals surface area contributed by atoms with Crippen LogP contribution in [0.1, 0.15) is 6.92 Å². The van der Waals surface area contributed by atoms with Crippen LogP contribution in [0.5, 0.6) is 0 Å². The van der Waals surface area contributed by atoms with Gasteiger partial charge in [0.25, 0.3) is 0 Å². The number of hydrogen-bond donors (Lipinski definition) is 2. The summed E-state index contributed by atoms with van der Waals surface area (Å²) < 4.78 is 0. The molecular weight excluding hydrogens is 238 g/mol. The Kier molecular flexibility index (Phi) is 3.86. The van der Waals surface area contributed by atoms with Gasteiger partial charge in [-0.05, 0) is 19.1 Å². The van der Waals surface area contributed by atoms with E-state index in [9.17, 15) is 4.79 Å². The number of nitrogens with zero attached hydrogens (tertiary/aromatic N) is 1. The topological polar surface area (TPSA) is 44.4 Å². The normalized spacial score (nSPS) is 20.1. The number of rotatable bonds is 1. The molecule has 0 radical (unpaired) electrons. The number of hydrogen-bond acceptors (Lipinski definition) is 2. The van der Waals surface area contributed by atoms with Crippen molar-refractivity contribution in [3.63, 3.8) is 0 Å². The van der Waals surface area contributed by atoms with Crippen molar-refractivity contribution in [3.05, 3.63) is 29.3 Å². The largest absolute Gasteiger partial charge is 0.322 e. The lowest BCUT2D eigenvalue weighted by Gasteiger charge is -2.33. The number of urea groups is 1. The number of benzene rings is 1. The molecule has 0 bridgehead atoms. The number of amides is 2. The maximum Gasteiger partial charge on any atom is 0.322 e. The van der Waals surface area contributed by atoms with E-state index in [4.69, 9.17) is 11.6 Å².